The number of aryl methyl sites for hydroxylation is 1. The van der Waals surface area contributed by atoms with Gasteiger partial charge in [0.2, 0.25) is 0 Å². The monoisotopic (exact) mass is 600 g/mol. The Balaban J connectivity index is 0.000000555. The van der Waals surface area contributed by atoms with E-state index in [1.54, 1.807) is 7.11 Å². The Hall–Kier alpha value is -2.32. The zero-order valence-electron chi connectivity index (χ0n) is 17.4. The smallest absolute Gasteiger partial charge is 0.357 e. The molecular weight excluding hydrogens is 583 g/mol. The minimum absolute atomic E-state index is 0.147. The van der Waals surface area contributed by atoms with Gasteiger partial charge in [0.15, 0.2) is 12.3 Å². The van der Waals surface area contributed by atoms with Crippen molar-refractivity contribution in [3.8, 4) is 5.75 Å². The number of carbonyl (C=O) groups excluding carboxylic acids is 1. The van der Waals surface area contributed by atoms with E-state index >= 15 is 0 Å². The summed E-state index contributed by atoms with van der Waals surface area (Å²) in [5, 5.41) is 3.48. The molecule has 33 heavy (non-hydrogen) atoms. The normalized spacial score (nSPS) is 11.0. The fraction of sp³-hybridized carbons (Fsp3) is 0.0909. The molecule has 0 bridgehead atoms. The average Bonchev–Trinajstić information content (AvgIpc) is 3.16. The number of amides is 1. The minimum Gasteiger partial charge on any atom is -0.497 e. The summed E-state index contributed by atoms with van der Waals surface area (Å²) < 4.78 is 42.8. The van der Waals surface area contributed by atoms with Crippen molar-refractivity contribution < 1.29 is 59.6 Å². The van der Waals surface area contributed by atoms with Gasteiger partial charge in [-0.3, -0.25) is 10.1 Å². The van der Waals surface area contributed by atoms with Gasteiger partial charge in [-0.1, -0.05) is 29.0 Å². The molecule has 4 aromatic rings. The molecule has 0 fully saturated rings. The molecule has 1 aromatic heterocycles. The molecule has 0 atom stereocenters. The number of hydrogen-bond donors (Lipinski definition) is 1. The Morgan fingerprint density at radius 3 is 2.12 bits per heavy atom. The number of thiazole rings is 1. The zero-order valence-corrected chi connectivity index (χ0v) is 21.1. The first kappa shape index (κ1) is 25.3. The van der Waals surface area contributed by atoms with Crippen LogP contribution in [0.1, 0.15) is 15.9 Å². The molecule has 172 valence electrons. The van der Waals surface area contributed by atoms with Gasteiger partial charge in [0, 0.05) is 5.56 Å². The van der Waals surface area contributed by atoms with E-state index < -0.39 is 10.2 Å². The molecule has 0 unspecified atom stereocenters. The zero-order chi connectivity index (χ0) is 24.0. The first-order valence-electron chi connectivity index (χ1n) is 9.30. The van der Waals surface area contributed by atoms with Crippen molar-refractivity contribution in [2.45, 2.75) is 6.92 Å². The second-order valence-corrected chi connectivity index (χ2v) is 11.4. The summed E-state index contributed by atoms with van der Waals surface area (Å²) in [6, 6.07) is 22.2. The molecule has 4 rings (SSSR count). The lowest BCUT2D eigenvalue weighted by atomic mass is 10.2. The number of nitrogens with one attached hydrogen (secondary N) is 1. The van der Waals surface area contributed by atoms with Crippen molar-refractivity contribution in [1.29, 1.82) is 0 Å². The van der Waals surface area contributed by atoms with E-state index in [1.807, 2.05) is 42.5 Å². The third-order valence-electron chi connectivity index (χ3n) is 4.15. The number of carbonyl (C=O) groups is 1. The standard InChI is InChI=1S/C22H17IN2O2S.ClHO4/c1-14-3-7-16(8-4-14)23-17-9-5-15(6-10-17)21(26)25-22-24-19-12-11-18(27-2)13-20(19)28-22;2-1(3,4)5/h3-13H,1-2H3;(H,2,3,4,5). The van der Waals surface area contributed by atoms with Gasteiger partial charge in [-0.25, -0.2) is 23.6 Å². The summed E-state index contributed by atoms with van der Waals surface area (Å²) in [6.45, 7) is 2.09. The SMILES string of the molecule is COc1ccc2nc(NC(=O)c3ccc([I+]c4ccc(C)cc4)cc3)sc2c1.[O-][Cl+3]([O-])([O-])[O-]. The first-order valence-corrected chi connectivity index (χ1v) is 13.5. The van der Waals surface area contributed by atoms with Crippen molar-refractivity contribution in [3.63, 3.8) is 0 Å². The van der Waals surface area contributed by atoms with E-state index in [9.17, 15) is 4.79 Å². The molecule has 0 aliphatic rings. The van der Waals surface area contributed by atoms with E-state index in [-0.39, 0.29) is 27.1 Å². The van der Waals surface area contributed by atoms with Crippen molar-refractivity contribution >= 4 is 32.6 Å². The van der Waals surface area contributed by atoms with Crippen LogP contribution in [-0.4, -0.2) is 18.0 Å². The Kier molecular flexibility index (Phi) is 8.59. The quantitative estimate of drug-likeness (QED) is 0.245. The Bertz CT molecular complexity index is 1220. The topological polar surface area (TPSA) is 143 Å². The van der Waals surface area contributed by atoms with Crippen LogP contribution in [0.15, 0.2) is 66.7 Å². The number of rotatable bonds is 5. The maximum absolute atomic E-state index is 12.6. The molecule has 3 aromatic carbocycles. The Labute approximate surface area is 206 Å². The van der Waals surface area contributed by atoms with E-state index in [2.05, 4.69) is 41.5 Å². The van der Waals surface area contributed by atoms with E-state index in [4.69, 9.17) is 23.4 Å². The number of halogens is 2. The number of methoxy groups -OCH3 is 1. The van der Waals surface area contributed by atoms with Crippen LogP contribution < -0.4 is 49.9 Å². The molecule has 8 nitrogen and oxygen atoms in total. The van der Waals surface area contributed by atoms with Crippen LogP contribution in [0.4, 0.5) is 5.13 Å². The number of nitrogens with zero attached hydrogens (tertiary/aromatic N) is 1. The van der Waals surface area contributed by atoms with Crippen molar-refractivity contribution in [2.24, 2.45) is 0 Å². The van der Waals surface area contributed by atoms with Crippen LogP contribution in [0, 0.1) is 24.3 Å². The van der Waals surface area contributed by atoms with E-state index in [1.165, 1.54) is 24.0 Å². The predicted molar refractivity (Wildman–Crippen MR) is 109 cm³/mol. The van der Waals surface area contributed by atoms with E-state index in [0.717, 1.165) is 16.0 Å². The lowest BCUT2D eigenvalue weighted by molar-refractivity contribution is -2.00. The van der Waals surface area contributed by atoms with Crippen LogP contribution in [-0.2, 0) is 0 Å². The molecule has 11 heteroatoms. The van der Waals surface area contributed by atoms with Crippen molar-refractivity contribution in [1.82, 2.24) is 4.98 Å². The second-order valence-electron chi connectivity index (χ2n) is 6.58. The number of fused-ring (bicyclic) bond motifs is 1. The Morgan fingerprint density at radius 2 is 1.55 bits per heavy atom. The summed E-state index contributed by atoms with van der Waals surface area (Å²) in [7, 11) is -3.31. The fourth-order valence-corrected chi connectivity index (χ4v) is 5.69. The molecule has 0 radical (unpaired) electrons. The lowest BCUT2D eigenvalue weighted by Crippen LogP contribution is -3.61. The number of anilines is 1. The van der Waals surface area contributed by atoms with Gasteiger partial charge in [-0.05, 0) is 61.5 Å². The summed E-state index contributed by atoms with van der Waals surface area (Å²) in [5.74, 6) is 0.632. The highest BCUT2D eigenvalue weighted by Crippen LogP contribution is 2.29. The summed E-state index contributed by atoms with van der Waals surface area (Å²) in [4.78, 5) is 17.0. The third-order valence-corrected chi connectivity index (χ3v) is 7.77. The minimum atomic E-state index is -4.94. The number of benzene rings is 3. The molecule has 1 heterocycles. The average molecular weight is 601 g/mol. The third kappa shape index (κ3) is 8.19. The molecule has 0 aliphatic heterocycles. The maximum Gasteiger partial charge on any atom is 0.357 e. The molecule has 0 saturated carbocycles. The van der Waals surface area contributed by atoms with Crippen LogP contribution in [0.5, 0.6) is 5.75 Å². The van der Waals surface area contributed by atoms with Gasteiger partial charge < -0.3 is 4.74 Å². The van der Waals surface area contributed by atoms with Crippen LogP contribution in [0.2, 0.25) is 0 Å². The Morgan fingerprint density at radius 1 is 0.970 bits per heavy atom. The van der Waals surface area contributed by atoms with Crippen molar-refractivity contribution in [3.05, 3.63) is 85.0 Å². The van der Waals surface area contributed by atoms with Gasteiger partial charge in [0.05, 0.1) is 17.3 Å². The van der Waals surface area contributed by atoms with Crippen LogP contribution in [0.25, 0.3) is 10.2 Å². The molecule has 1 amide bonds. The van der Waals surface area contributed by atoms with Crippen molar-refractivity contribution in [2.75, 3.05) is 12.4 Å². The number of ether oxygens (including phenoxy) is 1. The fourth-order valence-electron chi connectivity index (χ4n) is 2.64. The van der Waals surface area contributed by atoms with Gasteiger partial charge in [-0.15, -0.1) is 10.2 Å². The molecule has 0 spiro atoms. The van der Waals surface area contributed by atoms with Crippen LogP contribution >= 0.6 is 11.3 Å². The summed E-state index contributed by atoms with van der Waals surface area (Å²) >= 11 is 1.20. The second kappa shape index (κ2) is 11.2. The predicted octanol–water partition coefficient (Wildman–Crippen LogP) is -2.76. The number of aromatic nitrogens is 1. The highest BCUT2D eigenvalue weighted by Gasteiger charge is 2.17. The van der Waals surface area contributed by atoms with Gasteiger partial charge in [-0.2, -0.15) is 0 Å². The maximum atomic E-state index is 12.6. The van der Waals surface area contributed by atoms with Crippen LogP contribution in [0.3, 0.4) is 0 Å². The summed E-state index contributed by atoms with van der Waals surface area (Å²) in [5.41, 5.74) is 2.75. The largest absolute Gasteiger partial charge is 0.497 e. The highest BCUT2D eigenvalue weighted by molar-refractivity contribution is 7.22. The first-order chi connectivity index (χ1) is 15.6. The number of hydrogen-bond acceptors (Lipinski definition) is 8. The van der Waals surface area contributed by atoms with Gasteiger partial charge in [0.1, 0.15) is 5.75 Å². The summed E-state index contributed by atoms with van der Waals surface area (Å²) in [6.07, 6.45) is 0. The lowest BCUT2D eigenvalue weighted by Gasteiger charge is -2.17. The molecular formula is C22H18ClIN2O6S. The van der Waals surface area contributed by atoms with E-state index in [0.29, 0.717) is 10.7 Å². The highest BCUT2D eigenvalue weighted by atomic mass is 127. The molecule has 1 N–H and O–H groups in total. The molecule has 0 saturated heterocycles. The van der Waals surface area contributed by atoms with Gasteiger partial charge in [0.25, 0.3) is 5.91 Å². The molecule has 0 aliphatic carbocycles. The van der Waals surface area contributed by atoms with Gasteiger partial charge >= 0.3 is 21.2 Å².